The summed E-state index contributed by atoms with van der Waals surface area (Å²) in [6, 6.07) is 13.9. The lowest BCUT2D eigenvalue weighted by Gasteiger charge is -2.32. The molecular weight excluding hydrogens is 436 g/mol. The second kappa shape index (κ2) is 11.3. The quantitative estimate of drug-likeness (QED) is 0.541. The number of amides is 1. The molecular formula is C28H36N6O. The van der Waals surface area contributed by atoms with Crippen molar-refractivity contribution < 1.29 is 9.37 Å². The van der Waals surface area contributed by atoms with E-state index in [1.54, 1.807) is 6.20 Å². The molecule has 184 valence electrons. The molecule has 0 spiro atoms. The minimum absolute atomic E-state index is 0.0250. The van der Waals surface area contributed by atoms with E-state index in [0.717, 1.165) is 55.2 Å². The van der Waals surface area contributed by atoms with Crippen molar-refractivity contribution in [1.82, 2.24) is 15.1 Å². The molecule has 0 radical (unpaired) electrons. The van der Waals surface area contributed by atoms with Gasteiger partial charge < -0.3 is 20.9 Å². The first kappa shape index (κ1) is 24.7. The molecule has 2 aliphatic heterocycles. The Labute approximate surface area is 208 Å². The molecule has 2 N–H and O–H groups in total. The molecule has 0 aromatic heterocycles. The number of hydrogen-bond donors (Lipinski definition) is 2. The van der Waals surface area contributed by atoms with Crippen molar-refractivity contribution in [2.24, 2.45) is 0 Å². The number of nitrogens with one attached hydrogen (secondary N) is 2. The van der Waals surface area contributed by atoms with Crippen LogP contribution in [0.25, 0.3) is 5.32 Å². The lowest BCUT2D eigenvalue weighted by Crippen LogP contribution is -2.43. The van der Waals surface area contributed by atoms with Crippen molar-refractivity contribution in [1.29, 1.82) is 0 Å². The van der Waals surface area contributed by atoms with Crippen molar-refractivity contribution in [3.05, 3.63) is 94.3 Å². The fraction of sp³-hybridized carbons (Fsp3) is 0.357. The van der Waals surface area contributed by atoms with Gasteiger partial charge in [0.15, 0.2) is 18.1 Å². The van der Waals surface area contributed by atoms with Gasteiger partial charge in [-0.3, -0.25) is 9.69 Å². The van der Waals surface area contributed by atoms with Crippen LogP contribution in [0.1, 0.15) is 40.0 Å². The first-order valence-corrected chi connectivity index (χ1v) is 12.2. The summed E-state index contributed by atoms with van der Waals surface area (Å²) < 4.78 is 1.99. The molecule has 35 heavy (non-hydrogen) atoms. The fourth-order valence-electron chi connectivity index (χ4n) is 4.23. The highest BCUT2D eigenvalue weighted by molar-refractivity contribution is 6.04. The third kappa shape index (κ3) is 6.81. The largest absolute Gasteiger partial charge is 0.683 e. The Morgan fingerprint density at radius 2 is 1.94 bits per heavy atom. The van der Waals surface area contributed by atoms with E-state index in [1.165, 1.54) is 5.56 Å². The Kier molecular flexibility index (Phi) is 8.00. The van der Waals surface area contributed by atoms with Crippen LogP contribution in [0.3, 0.4) is 0 Å². The highest BCUT2D eigenvalue weighted by Crippen LogP contribution is 2.25. The van der Waals surface area contributed by atoms with Crippen LogP contribution in [0, 0.1) is 6.92 Å². The van der Waals surface area contributed by atoms with Crippen molar-refractivity contribution in [2.75, 3.05) is 45.6 Å². The Bertz CT molecular complexity index is 1140. The first-order valence-electron chi connectivity index (χ1n) is 12.2. The molecule has 7 heteroatoms. The highest BCUT2D eigenvalue weighted by atomic mass is 16.1. The van der Waals surface area contributed by atoms with Gasteiger partial charge in [-0.05, 0) is 55.6 Å². The Balaban J connectivity index is 1.31. The van der Waals surface area contributed by atoms with Gasteiger partial charge in [0.25, 0.3) is 5.91 Å². The predicted octanol–water partition coefficient (Wildman–Crippen LogP) is 4.06. The van der Waals surface area contributed by atoms with Gasteiger partial charge in [-0.15, -0.1) is 0 Å². The van der Waals surface area contributed by atoms with E-state index in [4.69, 9.17) is 0 Å². The highest BCUT2D eigenvalue weighted by Gasteiger charge is 2.16. The number of anilines is 1. The SMILES string of the molecule is Cc1cc(C(=O)Nc2cccc(C(C)[N-]C=CNC3=C[N+](C)=C3)c2)ccc1CN1CCN(C)CC1. The molecule has 1 amide bonds. The number of rotatable bonds is 9. The third-order valence-corrected chi connectivity index (χ3v) is 6.54. The molecule has 0 aliphatic carbocycles. The van der Waals surface area contributed by atoms with Crippen LogP contribution in [0.15, 0.2) is 66.8 Å². The molecule has 1 saturated heterocycles. The summed E-state index contributed by atoms with van der Waals surface area (Å²) in [6.45, 7) is 9.43. The number of piperazine rings is 1. The molecule has 1 unspecified atom stereocenters. The summed E-state index contributed by atoms with van der Waals surface area (Å²) in [5, 5.41) is 10.8. The zero-order valence-corrected chi connectivity index (χ0v) is 21.2. The number of benzene rings is 2. The van der Waals surface area contributed by atoms with E-state index in [0.29, 0.717) is 5.56 Å². The molecule has 4 rings (SSSR count). The molecule has 0 saturated carbocycles. The first-order chi connectivity index (χ1) is 16.9. The molecule has 2 aromatic rings. The molecule has 2 heterocycles. The summed E-state index contributed by atoms with van der Waals surface area (Å²) in [4.78, 5) is 17.8. The number of aryl methyl sites for hydroxylation is 1. The second-order valence-corrected chi connectivity index (χ2v) is 9.46. The van der Waals surface area contributed by atoms with Gasteiger partial charge in [-0.2, -0.15) is 6.20 Å². The minimum Gasteiger partial charge on any atom is -0.683 e. The lowest BCUT2D eigenvalue weighted by molar-refractivity contribution is -0.429. The van der Waals surface area contributed by atoms with Crippen molar-refractivity contribution in [2.45, 2.75) is 26.4 Å². The summed E-state index contributed by atoms with van der Waals surface area (Å²) in [6.07, 6.45) is 7.60. The maximum atomic E-state index is 12.9. The summed E-state index contributed by atoms with van der Waals surface area (Å²) in [7, 11) is 4.15. The number of allylic oxidation sites excluding steroid dienone is 1. The van der Waals surface area contributed by atoms with Gasteiger partial charge in [0, 0.05) is 44.0 Å². The summed E-state index contributed by atoms with van der Waals surface area (Å²) in [5.74, 6) is -0.0972. The molecule has 1 atom stereocenters. The normalized spacial score (nSPS) is 17.4. The van der Waals surface area contributed by atoms with Crippen LogP contribution in [0.2, 0.25) is 0 Å². The van der Waals surface area contributed by atoms with Crippen LogP contribution >= 0.6 is 0 Å². The molecule has 2 aromatic carbocycles. The van der Waals surface area contributed by atoms with Gasteiger partial charge in [-0.25, -0.2) is 4.58 Å². The Hall–Kier alpha value is -3.42. The van der Waals surface area contributed by atoms with Crippen LogP contribution in [0.5, 0.6) is 0 Å². The van der Waals surface area contributed by atoms with E-state index in [-0.39, 0.29) is 11.9 Å². The zero-order valence-electron chi connectivity index (χ0n) is 21.2. The lowest BCUT2D eigenvalue weighted by atomic mass is 10.0. The van der Waals surface area contributed by atoms with Crippen molar-refractivity contribution in [3.63, 3.8) is 0 Å². The standard InChI is InChI=1S/C28H36N6O/c1-21-16-24(8-9-25(21)18-34-14-12-32(3)13-15-34)28(35)31-26-7-5-6-23(17-26)22(2)29-10-11-30-27-19-33(4)20-27/h5-11,16-17,19-20,22,30H,12-15,18H2,1-4H3,(H,31,35). The monoisotopic (exact) mass is 472 g/mol. The fourth-order valence-corrected chi connectivity index (χ4v) is 4.23. The average molecular weight is 473 g/mol. The number of carbonyl (C=O) groups is 1. The van der Waals surface area contributed by atoms with Gasteiger partial charge in [0.1, 0.15) is 7.05 Å². The van der Waals surface area contributed by atoms with Crippen LogP contribution in [0.4, 0.5) is 5.69 Å². The number of likely N-dealkylation sites (N-methyl/N-ethyl adjacent to an activating group) is 1. The second-order valence-electron chi connectivity index (χ2n) is 9.46. The van der Waals surface area contributed by atoms with E-state index in [2.05, 4.69) is 45.8 Å². The van der Waals surface area contributed by atoms with Crippen LogP contribution < -0.4 is 10.6 Å². The Morgan fingerprint density at radius 3 is 2.66 bits per heavy atom. The predicted molar refractivity (Wildman–Crippen MR) is 143 cm³/mol. The number of carbonyl (C=O) groups excluding carboxylic acids is 1. The molecule has 7 nitrogen and oxygen atoms in total. The smallest absolute Gasteiger partial charge is 0.255 e. The third-order valence-electron chi connectivity index (χ3n) is 6.54. The van der Waals surface area contributed by atoms with Crippen LogP contribution in [-0.4, -0.2) is 66.8 Å². The molecule has 0 bridgehead atoms. The van der Waals surface area contributed by atoms with Gasteiger partial charge >= 0.3 is 0 Å². The van der Waals surface area contributed by atoms with Gasteiger partial charge in [-0.1, -0.05) is 36.7 Å². The van der Waals surface area contributed by atoms with Crippen molar-refractivity contribution >= 4 is 17.8 Å². The zero-order chi connectivity index (χ0) is 24.8. The number of nitrogens with zero attached hydrogens (tertiary/aromatic N) is 4. The minimum atomic E-state index is -0.0972. The topological polar surface area (TPSA) is 64.7 Å². The summed E-state index contributed by atoms with van der Waals surface area (Å²) >= 11 is 0. The maximum absolute atomic E-state index is 12.9. The van der Waals surface area contributed by atoms with E-state index < -0.39 is 0 Å². The summed E-state index contributed by atoms with van der Waals surface area (Å²) in [5.41, 5.74) is 5.98. The van der Waals surface area contributed by atoms with Crippen LogP contribution in [-0.2, 0) is 6.54 Å². The van der Waals surface area contributed by atoms with Crippen molar-refractivity contribution in [3.8, 4) is 0 Å². The van der Waals surface area contributed by atoms with E-state index in [9.17, 15) is 4.79 Å². The van der Waals surface area contributed by atoms with E-state index >= 15 is 0 Å². The molecule has 1 fully saturated rings. The van der Waals surface area contributed by atoms with Gasteiger partial charge in [0.2, 0.25) is 0 Å². The Morgan fingerprint density at radius 1 is 1.17 bits per heavy atom. The average Bonchev–Trinajstić information content (AvgIpc) is 2.83. The van der Waals surface area contributed by atoms with Gasteiger partial charge in [0.05, 0.1) is 0 Å². The molecule has 2 aliphatic rings. The van der Waals surface area contributed by atoms with E-state index in [1.807, 2.05) is 73.6 Å². The maximum Gasteiger partial charge on any atom is 0.255 e. The number of hydrogen-bond acceptors (Lipinski definition) is 4.